The normalized spacial score (nSPS) is 11.3. The van der Waals surface area contributed by atoms with Crippen LogP contribution < -0.4 is 10.6 Å². The molecule has 0 spiro atoms. The standard InChI is InChI=1S/C18H17ClN2O5/c1-10(26-18(25)15-8-3-12(19)9-16(15)23)17(24)21-14-6-4-13(5-7-14)20-11(2)22/h3-10,23H,1-2H3,(H,20,22)(H,21,24)/t10-/m0/s1. The number of anilines is 2. The lowest BCUT2D eigenvalue weighted by Gasteiger charge is -2.14. The Morgan fingerprint density at radius 2 is 1.62 bits per heavy atom. The summed E-state index contributed by atoms with van der Waals surface area (Å²) in [6.45, 7) is 2.80. The molecule has 8 heteroatoms. The van der Waals surface area contributed by atoms with Crippen molar-refractivity contribution in [3.05, 3.63) is 53.1 Å². The van der Waals surface area contributed by atoms with Gasteiger partial charge >= 0.3 is 5.97 Å². The Hall–Kier alpha value is -3.06. The summed E-state index contributed by atoms with van der Waals surface area (Å²) in [5.74, 6) is -1.92. The monoisotopic (exact) mass is 376 g/mol. The third-order valence-corrected chi connectivity index (χ3v) is 3.54. The summed E-state index contributed by atoms with van der Waals surface area (Å²) in [5, 5.41) is 15.2. The van der Waals surface area contributed by atoms with Crippen molar-refractivity contribution in [1.82, 2.24) is 0 Å². The third kappa shape index (κ3) is 5.22. The van der Waals surface area contributed by atoms with Crippen LogP contribution in [0.2, 0.25) is 5.02 Å². The Morgan fingerprint density at radius 1 is 1.04 bits per heavy atom. The van der Waals surface area contributed by atoms with Gasteiger partial charge in [-0.3, -0.25) is 9.59 Å². The predicted octanol–water partition coefficient (Wildman–Crippen LogP) is 3.19. The number of aromatic hydroxyl groups is 1. The number of rotatable bonds is 5. The molecule has 0 unspecified atom stereocenters. The van der Waals surface area contributed by atoms with Gasteiger partial charge in [0.2, 0.25) is 5.91 Å². The van der Waals surface area contributed by atoms with E-state index in [2.05, 4.69) is 10.6 Å². The molecule has 0 aliphatic rings. The van der Waals surface area contributed by atoms with Crippen LogP contribution >= 0.6 is 11.6 Å². The summed E-state index contributed by atoms with van der Waals surface area (Å²) in [6, 6.07) is 10.4. The molecule has 0 fully saturated rings. The first-order valence-electron chi connectivity index (χ1n) is 7.64. The van der Waals surface area contributed by atoms with E-state index in [-0.39, 0.29) is 22.2 Å². The minimum absolute atomic E-state index is 0.0892. The smallest absolute Gasteiger partial charge is 0.342 e. The van der Waals surface area contributed by atoms with Crippen LogP contribution in [0, 0.1) is 0 Å². The summed E-state index contributed by atoms with van der Waals surface area (Å²) in [4.78, 5) is 35.2. The molecule has 0 aliphatic heterocycles. The van der Waals surface area contributed by atoms with Crippen molar-refractivity contribution in [2.45, 2.75) is 20.0 Å². The number of phenolic OH excluding ortho intramolecular Hbond substituents is 1. The van der Waals surface area contributed by atoms with Gasteiger partial charge in [0.25, 0.3) is 5.91 Å². The number of ether oxygens (including phenoxy) is 1. The molecule has 136 valence electrons. The van der Waals surface area contributed by atoms with E-state index in [9.17, 15) is 19.5 Å². The summed E-state index contributed by atoms with van der Waals surface area (Å²) >= 11 is 5.71. The molecule has 0 radical (unpaired) electrons. The van der Waals surface area contributed by atoms with Crippen molar-refractivity contribution in [3.63, 3.8) is 0 Å². The van der Waals surface area contributed by atoms with Gasteiger partial charge in [-0.1, -0.05) is 11.6 Å². The topological polar surface area (TPSA) is 105 Å². The number of phenols is 1. The fraction of sp³-hybridized carbons (Fsp3) is 0.167. The van der Waals surface area contributed by atoms with Gasteiger partial charge in [-0.2, -0.15) is 0 Å². The number of carbonyl (C=O) groups excluding carboxylic acids is 3. The number of carbonyl (C=O) groups is 3. The first-order chi connectivity index (χ1) is 12.3. The second-order valence-corrected chi connectivity index (χ2v) is 5.89. The van der Waals surface area contributed by atoms with Crippen LogP contribution in [0.3, 0.4) is 0 Å². The van der Waals surface area contributed by atoms with E-state index in [1.165, 1.54) is 32.0 Å². The average molecular weight is 377 g/mol. The van der Waals surface area contributed by atoms with Crippen LogP contribution in [0.1, 0.15) is 24.2 Å². The number of esters is 1. The van der Waals surface area contributed by atoms with Crippen LogP contribution in [0.15, 0.2) is 42.5 Å². The fourth-order valence-electron chi connectivity index (χ4n) is 2.04. The number of halogens is 1. The zero-order chi connectivity index (χ0) is 19.3. The molecular weight excluding hydrogens is 360 g/mol. The van der Waals surface area contributed by atoms with Crippen LogP contribution in [-0.4, -0.2) is 29.0 Å². The van der Waals surface area contributed by atoms with E-state index >= 15 is 0 Å². The number of nitrogens with one attached hydrogen (secondary N) is 2. The van der Waals surface area contributed by atoms with Crippen molar-refractivity contribution < 1.29 is 24.2 Å². The van der Waals surface area contributed by atoms with E-state index < -0.39 is 18.0 Å². The Kier molecular flexibility index (Phi) is 6.19. The molecule has 2 amide bonds. The molecule has 0 saturated carbocycles. The zero-order valence-electron chi connectivity index (χ0n) is 14.1. The summed E-state index contributed by atoms with van der Waals surface area (Å²) in [6.07, 6.45) is -1.09. The van der Waals surface area contributed by atoms with Crippen LogP contribution in [0.4, 0.5) is 11.4 Å². The predicted molar refractivity (Wildman–Crippen MR) is 97.4 cm³/mol. The van der Waals surface area contributed by atoms with Crippen molar-refractivity contribution in [2.24, 2.45) is 0 Å². The number of hydrogen-bond donors (Lipinski definition) is 3. The van der Waals surface area contributed by atoms with E-state index in [4.69, 9.17) is 16.3 Å². The Morgan fingerprint density at radius 3 is 2.15 bits per heavy atom. The lowest BCUT2D eigenvalue weighted by Crippen LogP contribution is -2.30. The maximum Gasteiger partial charge on any atom is 0.342 e. The van der Waals surface area contributed by atoms with Gasteiger partial charge in [-0.25, -0.2) is 4.79 Å². The minimum atomic E-state index is -1.09. The first-order valence-corrected chi connectivity index (χ1v) is 8.02. The maximum atomic E-state index is 12.1. The molecule has 7 nitrogen and oxygen atoms in total. The Bertz CT molecular complexity index is 836. The third-order valence-electron chi connectivity index (χ3n) is 3.31. The van der Waals surface area contributed by atoms with Gasteiger partial charge in [-0.15, -0.1) is 0 Å². The second-order valence-electron chi connectivity index (χ2n) is 5.46. The molecular formula is C18H17ClN2O5. The van der Waals surface area contributed by atoms with Crippen molar-refractivity contribution in [2.75, 3.05) is 10.6 Å². The quantitative estimate of drug-likeness (QED) is 0.695. The van der Waals surface area contributed by atoms with Crippen molar-refractivity contribution >= 4 is 40.8 Å². The molecule has 3 N–H and O–H groups in total. The van der Waals surface area contributed by atoms with Gasteiger partial charge in [0.05, 0.1) is 0 Å². The fourth-order valence-corrected chi connectivity index (χ4v) is 2.21. The molecule has 0 saturated heterocycles. The summed E-state index contributed by atoms with van der Waals surface area (Å²) in [7, 11) is 0. The molecule has 26 heavy (non-hydrogen) atoms. The molecule has 0 heterocycles. The molecule has 0 bridgehead atoms. The summed E-state index contributed by atoms with van der Waals surface area (Å²) < 4.78 is 5.06. The second kappa shape index (κ2) is 8.35. The number of amides is 2. The molecule has 0 aliphatic carbocycles. The molecule has 2 aromatic rings. The molecule has 0 aromatic heterocycles. The van der Waals surface area contributed by atoms with Gasteiger partial charge in [0.1, 0.15) is 11.3 Å². The summed E-state index contributed by atoms with van der Waals surface area (Å²) in [5.41, 5.74) is 0.975. The van der Waals surface area contributed by atoms with Crippen molar-refractivity contribution in [1.29, 1.82) is 0 Å². The highest BCUT2D eigenvalue weighted by atomic mass is 35.5. The van der Waals surface area contributed by atoms with E-state index in [0.29, 0.717) is 11.4 Å². The maximum absolute atomic E-state index is 12.1. The van der Waals surface area contributed by atoms with Gasteiger partial charge in [0, 0.05) is 23.3 Å². The SMILES string of the molecule is CC(=O)Nc1ccc(NC(=O)[C@H](C)OC(=O)c2ccc(Cl)cc2O)cc1. The molecule has 2 aromatic carbocycles. The minimum Gasteiger partial charge on any atom is -0.507 e. The van der Waals surface area contributed by atoms with Crippen LogP contribution in [0.5, 0.6) is 5.75 Å². The molecule has 2 rings (SSSR count). The lowest BCUT2D eigenvalue weighted by atomic mass is 10.2. The molecule has 1 atom stereocenters. The van der Waals surface area contributed by atoms with E-state index in [1.54, 1.807) is 24.3 Å². The van der Waals surface area contributed by atoms with E-state index in [1.807, 2.05) is 0 Å². The van der Waals surface area contributed by atoms with Crippen molar-refractivity contribution in [3.8, 4) is 5.75 Å². The number of hydrogen-bond acceptors (Lipinski definition) is 5. The Labute approximate surface area is 154 Å². The largest absolute Gasteiger partial charge is 0.507 e. The first kappa shape index (κ1) is 19.3. The lowest BCUT2D eigenvalue weighted by molar-refractivity contribution is -0.123. The highest BCUT2D eigenvalue weighted by Gasteiger charge is 2.21. The Balaban J connectivity index is 1.96. The van der Waals surface area contributed by atoms with Crippen LogP contribution in [0.25, 0.3) is 0 Å². The number of benzene rings is 2. The van der Waals surface area contributed by atoms with Gasteiger partial charge < -0.3 is 20.5 Å². The van der Waals surface area contributed by atoms with Gasteiger partial charge in [0.15, 0.2) is 6.10 Å². The average Bonchev–Trinajstić information content (AvgIpc) is 2.55. The van der Waals surface area contributed by atoms with E-state index in [0.717, 1.165) is 0 Å². The highest BCUT2D eigenvalue weighted by Crippen LogP contribution is 2.23. The van der Waals surface area contributed by atoms with Gasteiger partial charge in [-0.05, 0) is 49.4 Å². The zero-order valence-corrected chi connectivity index (χ0v) is 14.8. The van der Waals surface area contributed by atoms with Crippen LogP contribution in [-0.2, 0) is 14.3 Å². The highest BCUT2D eigenvalue weighted by molar-refractivity contribution is 6.30.